The van der Waals surface area contributed by atoms with Gasteiger partial charge in [-0.3, -0.25) is 4.79 Å². The van der Waals surface area contributed by atoms with E-state index in [9.17, 15) is 4.79 Å². The molecule has 6 nitrogen and oxygen atoms in total. The first-order valence-electron chi connectivity index (χ1n) is 9.14. The standard InChI is InChI=1S/C20H22N4O2S2/c1-23-19(14-5-6-14)21-22-20(23)28-13-18(25)24(12-17-4-3-11-27-17)15-7-9-16(26-2)10-8-15/h3-4,7-11,14H,5-6,12-13H2,1-2H3. The number of thiophene rings is 1. The number of aromatic nitrogens is 3. The van der Waals surface area contributed by atoms with E-state index in [1.54, 1.807) is 18.4 Å². The average Bonchev–Trinajstić information content (AvgIpc) is 3.30. The minimum absolute atomic E-state index is 0.0412. The minimum atomic E-state index is 0.0412. The summed E-state index contributed by atoms with van der Waals surface area (Å²) in [4.78, 5) is 16.0. The average molecular weight is 415 g/mol. The number of anilines is 1. The number of ether oxygens (including phenoxy) is 1. The molecule has 8 heteroatoms. The van der Waals surface area contributed by atoms with Crippen LogP contribution in [0.1, 0.15) is 29.5 Å². The highest BCUT2D eigenvalue weighted by atomic mass is 32.2. The van der Waals surface area contributed by atoms with Gasteiger partial charge in [-0.1, -0.05) is 17.8 Å². The number of rotatable bonds is 8. The van der Waals surface area contributed by atoms with Crippen LogP contribution >= 0.6 is 23.1 Å². The Morgan fingerprint density at radius 1 is 1.29 bits per heavy atom. The monoisotopic (exact) mass is 414 g/mol. The van der Waals surface area contributed by atoms with Crippen molar-refractivity contribution in [2.75, 3.05) is 17.8 Å². The van der Waals surface area contributed by atoms with Crippen molar-refractivity contribution in [1.29, 1.82) is 0 Å². The van der Waals surface area contributed by atoms with Crippen LogP contribution in [-0.4, -0.2) is 33.5 Å². The highest BCUT2D eigenvalue weighted by Gasteiger charge is 2.29. The predicted octanol–water partition coefficient (Wildman–Crippen LogP) is 4.09. The number of thioether (sulfide) groups is 1. The fraction of sp³-hybridized carbons (Fsp3) is 0.350. The van der Waals surface area contributed by atoms with E-state index in [0.717, 1.165) is 27.3 Å². The van der Waals surface area contributed by atoms with Gasteiger partial charge >= 0.3 is 0 Å². The second kappa shape index (κ2) is 8.36. The van der Waals surface area contributed by atoms with Gasteiger partial charge in [-0.25, -0.2) is 0 Å². The molecule has 0 saturated heterocycles. The molecular formula is C20H22N4O2S2. The van der Waals surface area contributed by atoms with Gasteiger partial charge in [0.05, 0.1) is 19.4 Å². The van der Waals surface area contributed by atoms with Gasteiger partial charge in [0.2, 0.25) is 5.91 Å². The summed E-state index contributed by atoms with van der Waals surface area (Å²) >= 11 is 3.09. The number of carbonyl (C=O) groups is 1. The van der Waals surface area contributed by atoms with Crippen molar-refractivity contribution in [2.24, 2.45) is 7.05 Å². The molecule has 1 aliphatic rings. The Balaban J connectivity index is 1.49. The molecule has 1 aromatic carbocycles. The van der Waals surface area contributed by atoms with E-state index in [0.29, 0.717) is 18.2 Å². The van der Waals surface area contributed by atoms with Crippen molar-refractivity contribution < 1.29 is 9.53 Å². The molecule has 4 rings (SSSR count). The maximum atomic E-state index is 13.1. The van der Waals surface area contributed by atoms with Crippen LogP contribution in [0.15, 0.2) is 46.9 Å². The van der Waals surface area contributed by atoms with Crippen LogP contribution in [0, 0.1) is 0 Å². The van der Waals surface area contributed by atoms with E-state index in [2.05, 4.69) is 10.2 Å². The molecule has 1 fully saturated rings. The van der Waals surface area contributed by atoms with Crippen LogP contribution < -0.4 is 9.64 Å². The number of nitrogens with zero attached hydrogens (tertiary/aromatic N) is 4. The highest BCUT2D eigenvalue weighted by Crippen LogP contribution is 2.39. The summed E-state index contributed by atoms with van der Waals surface area (Å²) in [7, 11) is 3.62. The molecule has 3 aromatic rings. The summed E-state index contributed by atoms with van der Waals surface area (Å²) in [5.74, 6) is 2.69. The van der Waals surface area contributed by atoms with E-state index in [4.69, 9.17) is 4.74 Å². The third-order valence-corrected chi connectivity index (χ3v) is 6.58. The largest absolute Gasteiger partial charge is 0.497 e. The van der Waals surface area contributed by atoms with Crippen LogP contribution in [0.2, 0.25) is 0 Å². The van der Waals surface area contributed by atoms with Crippen molar-refractivity contribution in [1.82, 2.24) is 14.8 Å². The Bertz CT molecular complexity index is 934. The lowest BCUT2D eigenvalue weighted by atomic mass is 10.2. The summed E-state index contributed by atoms with van der Waals surface area (Å²) in [5.41, 5.74) is 0.858. The fourth-order valence-corrected chi connectivity index (χ4v) is 4.48. The first-order chi connectivity index (χ1) is 13.7. The van der Waals surface area contributed by atoms with Crippen LogP contribution in [0.4, 0.5) is 5.69 Å². The van der Waals surface area contributed by atoms with E-state index >= 15 is 0 Å². The lowest BCUT2D eigenvalue weighted by Gasteiger charge is -2.22. The van der Waals surface area contributed by atoms with Gasteiger partial charge in [-0.15, -0.1) is 21.5 Å². The maximum Gasteiger partial charge on any atom is 0.237 e. The van der Waals surface area contributed by atoms with E-state index < -0.39 is 0 Å². The summed E-state index contributed by atoms with van der Waals surface area (Å²) in [6.07, 6.45) is 2.36. The SMILES string of the molecule is COc1ccc(N(Cc2cccs2)C(=O)CSc2nnc(C3CC3)n2C)cc1. The number of benzene rings is 1. The number of methoxy groups -OCH3 is 1. The number of amides is 1. The van der Waals surface area contributed by atoms with Crippen LogP contribution in [-0.2, 0) is 18.4 Å². The van der Waals surface area contributed by atoms with Gasteiger partial charge < -0.3 is 14.2 Å². The summed E-state index contributed by atoms with van der Waals surface area (Å²) in [6.45, 7) is 0.551. The molecule has 0 aliphatic heterocycles. The number of carbonyl (C=O) groups excluding carboxylic acids is 1. The van der Waals surface area contributed by atoms with Crippen LogP contribution in [0.3, 0.4) is 0 Å². The Hall–Kier alpha value is -2.32. The molecule has 0 atom stereocenters. The zero-order valence-corrected chi connectivity index (χ0v) is 17.5. The molecule has 0 unspecified atom stereocenters. The summed E-state index contributed by atoms with van der Waals surface area (Å²) in [6, 6.07) is 11.6. The van der Waals surface area contributed by atoms with Crippen molar-refractivity contribution in [3.63, 3.8) is 0 Å². The van der Waals surface area contributed by atoms with Gasteiger partial charge in [-0.05, 0) is 48.6 Å². The molecule has 2 heterocycles. The number of hydrogen-bond acceptors (Lipinski definition) is 6. The van der Waals surface area contributed by atoms with E-state index in [-0.39, 0.29) is 5.91 Å². The molecule has 1 amide bonds. The Morgan fingerprint density at radius 3 is 2.71 bits per heavy atom. The normalized spacial score (nSPS) is 13.5. The zero-order chi connectivity index (χ0) is 19.5. The predicted molar refractivity (Wildman–Crippen MR) is 112 cm³/mol. The second-order valence-electron chi connectivity index (χ2n) is 6.72. The smallest absolute Gasteiger partial charge is 0.237 e. The Labute approximate surface area is 172 Å². The Kier molecular flexibility index (Phi) is 5.68. The summed E-state index contributed by atoms with van der Waals surface area (Å²) < 4.78 is 7.26. The molecule has 28 heavy (non-hydrogen) atoms. The topological polar surface area (TPSA) is 60.2 Å². The lowest BCUT2D eigenvalue weighted by Crippen LogP contribution is -2.31. The Morgan fingerprint density at radius 2 is 2.07 bits per heavy atom. The highest BCUT2D eigenvalue weighted by molar-refractivity contribution is 7.99. The fourth-order valence-electron chi connectivity index (χ4n) is 3.00. The van der Waals surface area contributed by atoms with Gasteiger partial charge in [0.1, 0.15) is 11.6 Å². The molecule has 2 aromatic heterocycles. The molecule has 0 radical (unpaired) electrons. The van der Waals surface area contributed by atoms with E-state index in [1.807, 2.05) is 58.3 Å². The third-order valence-electron chi connectivity index (χ3n) is 4.72. The molecule has 0 N–H and O–H groups in total. The van der Waals surface area contributed by atoms with Crippen LogP contribution in [0.5, 0.6) is 5.75 Å². The molecule has 1 aliphatic carbocycles. The van der Waals surface area contributed by atoms with E-state index in [1.165, 1.54) is 24.6 Å². The summed E-state index contributed by atoms with van der Waals surface area (Å²) in [5, 5.41) is 11.4. The molecule has 0 spiro atoms. The molecular weight excluding hydrogens is 392 g/mol. The molecule has 146 valence electrons. The van der Waals surface area contributed by atoms with Gasteiger partial charge in [-0.2, -0.15) is 0 Å². The third kappa shape index (κ3) is 4.23. The molecule has 1 saturated carbocycles. The van der Waals surface area contributed by atoms with Crippen LogP contribution in [0.25, 0.3) is 0 Å². The van der Waals surface area contributed by atoms with Gasteiger partial charge in [0.25, 0.3) is 0 Å². The van der Waals surface area contributed by atoms with Crippen molar-refractivity contribution in [3.8, 4) is 5.75 Å². The minimum Gasteiger partial charge on any atom is -0.497 e. The maximum absolute atomic E-state index is 13.1. The van der Waals surface area contributed by atoms with Crippen molar-refractivity contribution >= 4 is 34.7 Å². The molecule has 0 bridgehead atoms. The first-order valence-corrected chi connectivity index (χ1v) is 11.0. The quantitative estimate of drug-likeness (QED) is 0.520. The first kappa shape index (κ1) is 19.0. The van der Waals surface area contributed by atoms with Crippen molar-refractivity contribution in [2.45, 2.75) is 30.5 Å². The second-order valence-corrected chi connectivity index (χ2v) is 8.69. The number of hydrogen-bond donors (Lipinski definition) is 0. The lowest BCUT2D eigenvalue weighted by molar-refractivity contribution is -0.116. The van der Waals surface area contributed by atoms with Crippen molar-refractivity contribution in [3.05, 3.63) is 52.5 Å². The zero-order valence-electron chi connectivity index (χ0n) is 15.9. The van der Waals surface area contributed by atoms with Gasteiger partial charge in [0.15, 0.2) is 5.16 Å². The van der Waals surface area contributed by atoms with Gasteiger partial charge in [0, 0.05) is 23.5 Å².